The van der Waals surface area contributed by atoms with E-state index in [4.69, 9.17) is 0 Å². The molecule has 1 rings (SSSR count). The summed E-state index contributed by atoms with van der Waals surface area (Å²) in [6.45, 7) is 11.7. The van der Waals surface area contributed by atoms with Crippen LogP contribution in [0.4, 0.5) is 0 Å². The lowest BCUT2D eigenvalue weighted by Crippen LogP contribution is -2.45. The maximum atomic E-state index is 3.71. The van der Waals surface area contributed by atoms with Gasteiger partial charge in [-0.1, -0.05) is 6.92 Å². The highest BCUT2D eigenvalue weighted by molar-refractivity contribution is 4.79. The van der Waals surface area contributed by atoms with E-state index in [1.165, 1.54) is 32.4 Å². The van der Waals surface area contributed by atoms with Crippen molar-refractivity contribution in [2.24, 2.45) is 5.92 Å². The minimum absolute atomic E-state index is 0.651. The molecule has 3 atom stereocenters. The number of hydrogen-bond donors (Lipinski definition) is 1. The molecule has 1 N–H and O–H groups in total. The summed E-state index contributed by atoms with van der Waals surface area (Å²) < 4.78 is 0. The van der Waals surface area contributed by atoms with Gasteiger partial charge < -0.3 is 15.1 Å². The zero-order valence-corrected chi connectivity index (χ0v) is 13.1. The fourth-order valence-electron chi connectivity index (χ4n) is 2.78. The van der Waals surface area contributed by atoms with Crippen molar-refractivity contribution in [1.29, 1.82) is 0 Å². The van der Waals surface area contributed by atoms with Gasteiger partial charge in [0, 0.05) is 31.7 Å². The standard InChI is InChI=1S/C15H33N3/c1-6-13(2)18(5)11-9-16-14(3)15-8-7-10-17(4)12-15/h13-16H,6-12H2,1-5H3. The molecular formula is C15H33N3. The van der Waals surface area contributed by atoms with Crippen molar-refractivity contribution in [3.05, 3.63) is 0 Å². The number of nitrogens with zero attached hydrogens (tertiary/aromatic N) is 2. The zero-order valence-electron chi connectivity index (χ0n) is 13.1. The Morgan fingerprint density at radius 1 is 1.39 bits per heavy atom. The highest BCUT2D eigenvalue weighted by Gasteiger charge is 2.22. The van der Waals surface area contributed by atoms with Gasteiger partial charge >= 0.3 is 0 Å². The van der Waals surface area contributed by atoms with E-state index in [9.17, 15) is 0 Å². The summed E-state index contributed by atoms with van der Waals surface area (Å²) in [5.74, 6) is 0.831. The van der Waals surface area contributed by atoms with Crippen molar-refractivity contribution in [1.82, 2.24) is 15.1 Å². The molecule has 1 aliphatic rings. The minimum atomic E-state index is 0.651. The third kappa shape index (κ3) is 5.25. The lowest BCUT2D eigenvalue weighted by atomic mass is 9.92. The molecular weight excluding hydrogens is 222 g/mol. The van der Waals surface area contributed by atoms with E-state index in [0.717, 1.165) is 19.0 Å². The van der Waals surface area contributed by atoms with E-state index in [1.54, 1.807) is 0 Å². The van der Waals surface area contributed by atoms with Gasteiger partial charge in [0.2, 0.25) is 0 Å². The Morgan fingerprint density at radius 3 is 2.72 bits per heavy atom. The first-order valence-electron chi connectivity index (χ1n) is 7.66. The van der Waals surface area contributed by atoms with Crippen LogP contribution in [0.5, 0.6) is 0 Å². The first-order chi connectivity index (χ1) is 8.54. The van der Waals surface area contributed by atoms with Crippen LogP contribution in [-0.2, 0) is 0 Å². The molecule has 1 heterocycles. The van der Waals surface area contributed by atoms with Gasteiger partial charge in [0.25, 0.3) is 0 Å². The fraction of sp³-hybridized carbons (Fsp3) is 1.00. The number of rotatable bonds is 7. The van der Waals surface area contributed by atoms with Crippen molar-refractivity contribution in [2.45, 2.75) is 52.1 Å². The quantitative estimate of drug-likeness (QED) is 0.751. The van der Waals surface area contributed by atoms with Crippen LogP contribution < -0.4 is 5.32 Å². The molecule has 18 heavy (non-hydrogen) atoms. The summed E-state index contributed by atoms with van der Waals surface area (Å²) in [4.78, 5) is 4.92. The number of hydrogen-bond acceptors (Lipinski definition) is 3. The second-order valence-corrected chi connectivity index (χ2v) is 6.15. The van der Waals surface area contributed by atoms with E-state index >= 15 is 0 Å². The van der Waals surface area contributed by atoms with E-state index < -0.39 is 0 Å². The van der Waals surface area contributed by atoms with Gasteiger partial charge in [0.15, 0.2) is 0 Å². The van der Waals surface area contributed by atoms with Gasteiger partial charge in [-0.25, -0.2) is 0 Å². The molecule has 0 aromatic heterocycles. The third-order valence-electron chi connectivity index (χ3n) is 4.64. The van der Waals surface area contributed by atoms with Gasteiger partial charge in [-0.3, -0.25) is 0 Å². The first-order valence-corrected chi connectivity index (χ1v) is 7.66. The maximum absolute atomic E-state index is 3.71. The van der Waals surface area contributed by atoms with Crippen molar-refractivity contribution in [3.63, 3.8) is 0 Å². The highest BCUT2D eigenvalue weighted by Crippen LogP contribution is 2.18. The lowest BCUT2D eigenvalue weighted by molar-refractivity contribution is 0.174. The summed E-state index contributed by atoms with van der Waals surface area (Å²) in [6, 6.07) is 1.35. The molecule has 0 radical (unpaired) electrons. The smallest absolute Gasteiger partial charge is 0.0107 e. The van der Waals surface area contributed by atoms with Crippen LogP contribution in [0.15, 0.2) is 0 Å². The van der Waals surface area contributed by atoms with Crippen molar-refractivity contribution in [2.75, 3.05) is 40.3 Å². The number of likely N-dealkylation sites (N-methyl/N-ethyl adjacent to an activating group) is 1. The Labute approximate surface area is 114 Å². The molecule has 0 amide bonds. The van der Waals surface area contributed by atoms with Crippen molar-refractivity contribution < 1.29 is 0 Å². The Balaban J connectivity index is 2.18. The summed E-state index contributed by atoms with van der Waals surface area (Å²) in [5.41, 5.74) is 0. The zero-order chi connectivity index (χ0) is 13.5. The molecule has 1 saturated heterocycles. The van der Waals surface area contributed by atoms with E-state index in [0.29, 0.717) is 12.1 Å². The van der Waals surface area contributed by atoms with Gasteiger partial charge in [0.05, 0.1) is 0 Å². The number of likely N-dealkylation sites (tertiary alicyclic amines) is 1. The van der Waals surface area contributed by atoms with Crippen LogP contribution in [0.1, 0.15) is 40.0 Å². The molecule has 0 aromatic rings. The number of piperidine rings is 1. The van der Waals surface area contributed by atoms with Crippen LogP contribution >= 0.6 is 0 Å². The molecule has 0 aromatic carbocycles. The lowest BCUT2D eigenvalue weighted by Gasteiger charge is -2.34. The highest BCUT2D eigenvalue weighted by atomic mass is 15.1. The summed E-state index contributed by atoms with van der Waals surface area (Å²) in [5, 5.41) is 3.71. The summed E-state index contributed by atoms with van der Waals surface area (Å²) in [6.07, 6.45) is 3.99. The molecule has 0 bridgehead atoms. The maximum Gasteiger partial charge on any atom is 0.0107 e. The minimum Gasteiger partial charge on any atom is -0.313 e. The van der Waals surface area contributed by atoms with Crippen LogP contribution in [0.3, 0.4) is 0 Å². The Bertz CT molecular complexity index is 220. The molecule has 108 valence electrons. The summed E-state index contributed by atoms with van der Waals surface area (Å²) in [7, 11) is 4.48. The molecule has 0 spiro atoms. The Morgan fingerprint density at radius 2 is 2.11 bits per heavy atom. The van der Waals surface area contributed by atoms with E-state index in [-0.39, 0.29) is 0 Å². The molecule has 1 aliphatic heterocycles. The first kappa shape index (κ1) is 15.9. The van der Waals surface area contributed by atoms with Crippen molar-refractivity contribution in [3.8, 4) is 0 Å². The molecule has 3 heteroatoms. The van der Waals surface area contributed by atoms with Crippen LogP contribution in [0, 0.1) is 5.92 Å². The molecule has 0 saturated carbocycles. The topological polar surface area (TPSA) is 18.5 Å². The Kier molecular flexibility index (Phi) is 7.20. The van der Waals surface area contributed by atoms with E-state index in [2.05, 4.69) is 50.0 Å². The third-order valence-corrected chi connectivity index (χ3v) is 4.64. The molecule has 1 fully saturated rings. The predicted octanol–water partition coefficient (Wildman–Crippen LogP) is 2.04. The van der Waals surface area contributed by atoms with Gasteiger partial charge in [-0.2, -0.15) is 0 Å². The SMILES string of the molecule is CCC(C)N(C)CCNC(C)C1CCCN(C)C1. The van der Waals surface area contributed by atoms with E-state index in [1.807, 2.05) is 0 Å². The van der Waals surface area contributed by atoms with Crippen LogP contribution in [-0.4, -0.2) is 62.2 Å². The Hall–Kier alpha value is -0.120. The fourth-order valence-corrected chi connectivity index (χ4v) is 2.78. The van der Waals surface area contributed by atoms with Gasteiger partial charge in [0.1, 0.15) is 0 Å². The monoisotopic (exact) mass is 255 g/mol. The molecule has 3 nitrogen and oxygen atoms in total. The van der Waals surface area contributed by atoms with Crippen LogP contribution in [0.2, 0.25) is 0 Å². The second kappa shape index (κ2) is 8.13. The molecule has 0 aliphatic carbocycles. The van der Waals surface area contributed by atoms with Crippen LogP contribution in [0.25, 0.3) is 0 Å². The second-order valence-electron chi connectivity index (χ2n) is 6.15. The number of nitrogens with one attached hydrogen (secondary N) is 1. The summed E-state index contributed by atoms with van der Waals surface area (Å²) >= 11 is 0. The van der Waals surface area contributed by atoms with Gasteiger partial charge in [-0.05, 0) is 59.7 Å². The largest absolute Gasteiger partial charge is 0.313 e. The van der Waals surface area contributed by atoms with Crippen molar-refractivity contribution >= 4 is 0 Å². The average molecular weight is 255 g/mol. The normalized spacial score (nSPS) is 25.3. The molecule has 3 unspecified atom stereocenters. The average Bonchev–Trinajstić information content (AvgIpc) is 2.37. The van der Waals surface area contributed by atoms with Gasteiger partial charge in [-0.15, -0.1) is 0 Å². The predicted molar refractivity (Wildman–Crippen MR) is 80.1 cm³/mol.